The molecule has 1 saturated carbocycles. The summed E-state index contributed by atoms with van der Waals surface area (Å²) >= 11 is 0. The number of fused-ring (bicyclic) bond motifs is 5. The molecule has 9 N–H and O–H groups in total. The highest BCUT2D eigenvalue weighted by Crippen LogP contribution is 2.54. The molecule has 0 radical (unpaired) electrons. The third kappa shape index (κ3) is 5.34. The molecule has 4 aromatic heterocycles. The van der Waals surface area contributed by atoms with Gasteiger partial charge in [0.05, 0.1) is 37.1 Å². The first-order valence-corrected chi connectivity index (χ1v) is 16.7. The van der Waals surface area contributed by atoms with E-state index in [1.807, 2.05) is 0 Å². The van der Waals surface area contributed by atoms with Gasteiger partial charge in [-0.05, 0) is 12.5 Å². The number of hydrogen-bond donors (Lipinski definition) is 7. The van der Waals surface area contributed by atoms with Crippen molar-refractivity contribution in [3.8, 4) is 0 Å². The van der Waals surface area contributed by atoms with Gasteiger partial charge in [-0.25, -0.2) is 19.5 Å². The van der Waals surface area contributed by atoms with Gasteiger partial charge in [0.15, 0.2) is 41.8 Å². The number of aliphatic hydroxyl groups is 2. The van der Waals surface area contributed by atoms with Crippen molar-refractivity contribution in [2.24, 2.45) is 5.92 Å². The number of rotatable bonds is 2. The molecule has 2 saturated heterocycles. The van der Waals surface area contributed by atoms with Crippen LogP contribution in [0.1, 0.15) is 18.7 Å². The minimum atomic E-state index is -5.00. The van der Waals surface area contributed by atoms with Gasteiger partial charge in [0.1, 0.15) is 17.7 Å². The van der Waals surface area contributed by atoms with Gasteiger partial charge in [0.2, 0.25) is 5.95 Å². The maximum absolute atomic E-state index is 13.3. The number of nitrogens with one attached hydrogen (secondary N) is 1. The number of H-pyrrole nitrogens is 1. The zero-order valence-corrected chi connectivity index (χ0v) is 24.6. The van der Waals surface area contributed by atoms with Gasteiger partial charge < -0.3 is 45.5 Å². The Morgan fingerprint density at radius 3 is 2.53 bits per heavy atom. The Kier molecular flexibility index (Phi) is 7.34. The number of aliphatic hydroxyl groups excluding tert-OH is 2. The lowest BCUT2D eigenvalue weighted by Crippen LogP contribution is -2.35. The number of nitrogen functional groups attached to an aromatic ring is 2. The lowest BCUT2D eigenvalue weighted by Gasteiger charge is -2.27. The van der Waals surface area contributed by atoms with Gasteiger partial charge in [-0.15, -0.1) is 0 Å². The molecule has 0 amide bonds. The number of phosphoric ester groups is 1. The van der Waals surface area contributed by atoms with E-state index < -0.39 is 82.8 Å². The molecule has 10 atom stereocenters. The molecule has 23 heteroatoms. The molecule has 6 heterocycles. The summed E-state index contributed by atoms with van der Waals surface area (Å²) in [6, 6.07) is 0.548. The first-order valence-electron chi connectivity index (χ1n) is 13.4. The Labute approximate surface area is 250 Å². The molecule has 3 fully saturated rings. The van der Waals surface area contributed by atoms with Crippen molar-refractivity contribution in [3.05, 3.63) is 35.3 Å². The predicted molar refractivity (Wildman–Crippen MR) is 149 cm³/mol. The lowest BCUT2D eigenvalue weighted by molar-refractivity contribution is -0.166. The first kappa shape index (κ1) is 30.3. The second-order valence-electron chi connectivity index (χ2n) is 10.8. The van der Waals surface area contributed by atoms with Crippen molar-refractivity contribution in [2.45, 2.75) is 49.4 Å². The zero-order valence-electron chi connectivity index (χ0n) is 22.8. The molecule has 3 aliphatic rings. The number of hydrogen-bond acceptors (Lipinski definition) is 16. The maximum atomic E-state index is 13.3. The van der Waals surface area contributed by atoms with E-state index in [4.69, 9.17) is 34.5 Å². The normalized spacial score (nSPS) is 37.7. The van der Waals surface area contributed by atoms with Gasteiger partial charge >= 0.3 is 15.4 Å². The molecular weight excluding hydrogens is 644 g/mol. The highest BCUT2D eigenvalue weighted by molar-refractivity contribution is 7.52. The first-order chi connectivity index (χ1) is 21.3. The van der Waals surface area contributed by atoms with Crippen molar-refractivity contribution in [1.29, 1.82) is 0 Å². The SMILES string of the molecule is Nc1nc2c(ncn2[C@@H]2C[C@@H]3COP(=O)(O)O[C@@H]4C(O)[C@H](n5cnc6c(N)ccnc65)O[C@@H]4OCP(=O)(O)OC2[C@H]3O)c(=O)[nH]1. The van der Waals surface area contributed by atoms with Crippen molar-refractivity contribution in [1.82, 2.24) is 34.1 Å². The Balaban J connectivity index is 1.21. The van der Waals surface area contributed by atoms with Crippen LogP contribution in [0.5, 0.6) is 0 Å². The minimum absolute atomic E-state index is 0.00965. The summed E-state index contributed by atoms with van der Waals surface area (Å²) < 4.78 is 56.4. The van der Waals surface area contributed by atoms with Crippen LogP contribution in [0, 0.1) is 5.92 Å². The van der Waals surface area contributed by atoms with Crippen LogP contribution in [-0.4, -0.2) is 97.7 Å². The van der Waals surface area contributed by atoms with Gasteiger partial charge in [0, 0.05) is 12.1 Å². The molecule has 45 heavy (non-hydrogen) atoms. The summed E-state index contributed by atoms with van der Waals surface area (Å²) in [5, 5.41) is 22.3. The van der Waals surface area contributed by atoms with E-state index in [0.717, 1.165) is 0 Å². The number of aromatic nitrogens is 7. The average molecular weight is 671 g/mol. The van der Waals surface area contributed by atoms with E-state index in [1.165, 1.54) is 34.1 Å². The summed E-state index contributed by atoms with van der Waals surface area (Å²) in [5.41, 5.74) is 11.7. The Hall–Kier alpha value is -3.33. The van der Waals surface area contributed by atoms with Crippen LogP contribution in [0.4, 0.5) is 11.6 Å². The van der Waals surface area contributed by atoms with Crippen LogP contribution in [0.2, 0.25) is 0 Å². The van der Waals surface area contributed by atoms with Crippen molar-refractivity contribution < 1.29 is 52.2 Å². The van der Waals surface area contributed by atoms with Gasteiger partial charge in [-0.1, -0.05) is 0 Å². The van der Waals surface area contributed by atoms with Crippen molar-refractivity contribution in [3.63, 3.8) is 0 Å². The van der Waals surface area contributed by atoms with Crippen LogP contribution >= 0.6 is 15.4 Å². The summed E-state index contributed by atoms with van der Waals surface area (Å²) in [7, 11) is -9.75. The molecule has 0 spiro atoms. The number of phosphoric acid groups is 1. The van der Waals surface area contributed by atoms with E-state index in [9.17, 15) is 33.9 Å². The fourth-order valence-electron chi connectivity index (χ4n) is 5.83. The molecule has 0 aromatic carbocycles. The summed E-state index contributed by atoms with van der Waals surface area (Å²) in [6.07, 6.45) is -6.64. The van der Waals surface area contributed by atoms with Crippen LogP contribution in [0.15, 0.2) is 29.7 Å². The van der Waals surface area contributed by atoms with Gasteiger partial charge in [-0.2, -0.15) is 4.98 Å². The topological polar surface area (TPSA) is 308 Å². The summed E-state index contributed by atoms with van der Waals surface area (Å²) in [5.74, 6) is -1.17. The second kappa shape index (κ2) is 10.9. The quantitative estimate of drug-likeness (QED) is 0.125. The average Bonchev–Trinajstić information content (AvgIpc) is 3.72. The van der Waals surface area contributed by atoms with E-state index in [0.29, 0.717) is 5.52 Å². The van der Waals surface area contributed by atoms with E-state index in [2.05, 4.69) is 24.9 Å². The van der Waals surface area contributed by atoms with Gasteiger partial charge in [-0.3, -0.25) is 32.5 Å². The van der Waals surface area contributed by atoms with E-state index >= 15 is 0 Å². The fraction of sp³-hybridized carbons (Fsp3) is 0.500. The molecule has 1 aliphatic carbocycles. The number of pyridine rings is 1. The maximum Gasteiger partial charge on any atom is 0.472 e. The number of nitrogens with two attached hydrogens (primary N) is 2. The smallest absolute Gasteiger partial charge is 0.397 e. The predicted octanol–water partition coefficient (Wildman–Crippen LogP) is -1.07. The number of nitrogens with zero attached hydrogens (tertiary/aromatic N) is 6. The fourth-order valence-corrected chi connectivity index (χ4v) is 7.85. The summed E-state index contributed by atoms with van der Waals surface area (Å²) in [4.78, 5) is 52.6. The molecular formula is C22H27N9O12P2. The Morgan fingerprint density at radius 2 is 1.73 bits per heavy atom. The minimum Gasteiger partial charge on any atom is -0.397 e. The molecule has 4 aromatic rings. The standard InChI is InChI=1S/C22H27N9O12P2/c23-9-1-2-25-17-11(9)26-6-31(17)20-14(33)16-21(41-20)39-7-44(35,36)42-15-10(3-8(13(15)32)4-40-45(37,38)43-16)30-5-27-12-18(30)28-22(24)29-19(12)34/h1-2,5-6,8,10,13-16,20-21,32-33H,3-4,7H2,(H2,23,25)(H,35,36)(H,37,38)(H3,24,28,29,34)/t8-,10-,13+,14?,15?,16-,20-,21+/m1/s1. The van der Waals surface area contributed by atoms with E-state index in [1.54, 1.807) is 0 Å². The highest BCUT2D eigenvalue weighted by Gasteiger charge is 2.53. The molecule has 242 valence electrons. The zero-order chi connectivity index (χ0) is 31.8. The number of imidazole rings is 2. The highest BCUT2D eigenvalue weighted by atomic mass is 31.2. The number of anilines is 2. The van der Waals surface area contributed by atoms with Crippen LogP contribution in [0.25, 0.3) is 22.3 Å². The lowest BCUT2D eigenvalue weighted by atomic mass is 10.1. The number of aromatic amines is 1. The van der Waals surface area contributed by atoms with Crippen molar-refractivity contribution >= 4 is 49.4 Å². The third-order valence-electron chi connectivity index (χ3n) is 7.88. The summed E-state index contributed by atoms with van der Waals surface area (Å²) in [6.45, 7) is -0.586. The van der Waals surface area contributed by atoms with Crippen LogP contribution in [-0.2, 0) is 32.2 Å². The molecule has 2 aliphatic heterocycles. The Bertz CT molecular complexity index is 1930. The largest absolute Gasteiger partial charge is 0.472 e. The van der Waals surface area contributed by atoms with E-state index in [-0.39, 0.29) is 34.9 Å². The van der Waals surface area contributed by atoms with Crippen molar-refractivity contribution in [2.75, 3.05) is 24.4 Å². The molecule has 4 unspecified atom stereocenters. The third-order valence-corrected chi connectivity index (χ3v) is 9.92. The van der Waals surface area contributed by atoms with Crippen LogP contribution in [0.3, 0.4) is 0 Å². The van der Waals surface area contributed by atoms with Gasteiger partial charge in [0.25, 0.3) is 5.56 Å². The molecule has 2 bridgehead atoms. The Morgan fingerprint density at radius 1 is 0.978 bits per heavy atom. The monoisotopic (exact) mass is 671 g/mol. The molecule has 21 nitrogen and oxygen atoms in total. The second-order valence-corrected chi connectivity index (χ2v) is 13.9. The molecule has 7 rings (SSSR count). The number of ether oxygens (including phenoxy) is 2. The van der Waals surface area contributed by atoms with Crippen LogP contribution < -0.4 is 17.0 Å².